The third-order valence-electron chi connectivity index (χ3n) is 9.92. The highest BCUT2D eigenvalue weighted by atomic mass is 19.1. The highest BCUT2D eigenvalue weighted by Crippen LogP contribution is 2.60. The van der Waals surface area contributed by atoms with Crippen molar-refractivity contribution in [2.75, 3.05) is 18.0 Å². The van der Waals surface area contributed by atoms with Gasteiger partial charge in [0.05, 0.1) is 17.6 Å². The third-order valence-corrected chi connectivity index (χ3v) is 9.92. The zero-order valence-corrected chi connectivity index (χ0v) is 22.7. The molecule has 7 rings (SSSR count). The number of anilines is 1. The Balaban J connectivity index is 1.31. The summed E-state index contributed by atoms with van der Waals surface area (Å²) in [6.45, 7) is 4.19. The van der Waals surface area contributed by atoms with Gasteiger partial charge in [0, 0.05) is 30.8 Å². The average molecular weight is 551 g/mol. The number of amides is 1. The molecule has 3 aliphatic carbocycles. The standard InChI is InChI=1S/C31H33F3N4O2/c1-30(34)7-8-37(16-30)26-6-4-21-27(39)23(15-38(28(21)35-26)25-5-3-20(32)12-24(25)33)29(40)36-31(2)13-17-9-18-11-19(14-31)22(18)10-17/h3-6,12,15,17-19,22H,7-11,13-14,16H2,1-2H3,(H,36,40). The topological polar surface area (TPSA) is 67.2 Å². The van der Waals surface area contributed by atoms with E-state index < -0.39 is 34.2 Å². The van der Waals surface area contributed by atoms with Gasteiger partial charge in [-0.05, 0) is 93.9 Å². The molecule has 9 heteroatoms. The van der Waals surface area contributed by atoms with Gasteiger partial charge >= 0.3 is 0 Å². The van der Waals surface area contributed by atoms with Crippen molar-refractivity contribution in [2.24, 2.45) is 23.7 Å². The Labute approximate surface area is 230 Å². The zero-order valence-electron chi connectivity index (χ0n) is 22.7. The molecular formula is C31H33F3N4O2. The summed E-state index contributed by atoms with van der Waals surface area (Å²) in [7, 11) is 0. The van der Waals surface area contributed by atoms with Crippen LogP contribution < -0.4 is 15.6 Å². The van der Waals surface area contributed by atoms with Crippen molar-refractivity contribution in [1.82, 2.24) is 14.9 Å². The normalized spacial score (nSPS) is 32.7. The molecular weight excluding hydrogens is 517 g/mol. The van der Waals surface area contributed by atoms with Gasteiger partial charge in [-0.15, -0.1) is 0 Å². The summed E-state index contributed by atoms with van der Waals surface area (Å²) in [6.07, 6.45) is 7.07. The van der Waals surface area contributed by atoms with Gasteiger partial charge in [0.2, 0.25) is 5.43 Å². The van der Waals surface area contributed by atoms with Crippen molar-refractivity contribution in [3.8, 4) is 5.69 Å². The lowest BCUT2D eigenvalue weighted by atomic mass is 9.62. The number of alkyl halides is 1. The number of nitrogens with zero attached hydrogens (tertiary/aromatic N) is 3. The summed E-state index contributed by atoms with van der Waals surface area (Å²) in [4.78, 5) is 33.9. The van der Waals surface area contributed by atoms with Crippen LogP contribution in [-0.4, -0.2) is 39.8 Å². The molecule has 2 bridgehead atoms. The fourth-order valence-electron chi connectivity index (χ4n) is 8.15. The van der Waals surface area contributed by atoms with Crippen molar-refractivity contribution < 1.29 is 18.0 Å². The van der Waals surface area contributed by atoms with Gasteiger partial charge in [0.15, 0.2) is 5.65 Å². The van der Waals surface area contributed by atoms with Crippen LogP contribution in [0.15, 0.2) is 41.3 Å². The average Bonchev–Trinajstić information content (AvgIpc) is 3.37. The zero-order chi connectivity index (χ0) is 28.0. The lowest BCUT2D eigenvalue weighted by Crippen LogP contribution is -2.51. The van der Waals surface area contributed by atoms with E-state index in [1.165, 1.54) is 43.0 Å². The van der Waals surface area contributed by atoms with Gasteiger partial charge in [0.25, 0.3) is 5.91 Å². The van der Waals surface area contributed by atoms with E-state index in [1.54, 1.807) is 17.0 Å². The van der Waals surface area contributed by atoms with E-state index in [9.17, 15) is 18.4 Å². The maximum Gasteiger partial charge on any atom is 0.257 e. The number of benzene rings is 1. The van der Waals surface area contributed by atoms with Crippen molar-refractivity contribution in [2.45, 2.75) is 63.6 Å². The second-order valence-corrected chi connectivity index (χ2v) is 13.1. The van der Waals surface area contributed by atoms with E-state index in [1.807, 2.05) is 0 Å². The Morgan fingerprint density at radius 1 is 1.07 bits per heavy atom. The van der Waals surface area contributed by atoms with Crippen LogP contribution in [0.1, 0.15) is 62.7 Å². The van der Waals surface area contributed by atoms with Crippen LogP contribution in [0.25, 0.3) is 16.7 Å². The summed E-state index contributed by atoms with van der Waals surface area (Å²) in [5, 5.41) is 3.32. The first-order valence-electron chi connectivity index (χ1n) is 14.3. The number of rotatable bonds is 4. The summed E-state index contributed by atoms with van der Waals surface area (Å²) in [5.41, 5.74) is -2.35. The molecule has 4 aliphatic rings. The molecule has 1 aliphatic heterocycles. The van der Waals surface area contributed by atoms with E-state index in [2.05, 4.69) is 17.2 Å². The van der Waals surface area contributed by atoms with Crippen molar-refractivity contribution in [3.05, 3.63) is 63.9 Å². The quantitative estimate of drug-likeness (QED) is 0.463. The van der Waals surface area contributed by atoms with Crippen LogP contribution in [-0.2, 0) is 0 Å². The number of aromatic nitrogens is 2. The molecule has 6 nitrogen and oxygen atoms in total. The molecule has 6 atom stereocenters. The Kier molecular flexibility index (Phi) is 5.64. The second-order valence-electron chi connectivity index (χ2n) is 13.1. The Hall–Kier alpha value is -3.36. The maximum absolute atomic E-state index is 15.1. The number of fused-ring (bicyclic) bond motifs is 2. The van der Waals surface area contributed by atoms with Crippen molar-refractivity contribution in [1.29, 1.82) is 0 Å². The largest absolute Gasteiger partial charge is 0.353 e. The number of carbonyl (C=O) groups excluding carboxylic acids is 1. The molecule has 3 saturated carbocycles. The smallest absolute Gasteiger partial charge is 0.257 e. The molecule has 1 amide bonds. The van der Waals surface area contributed by atoms with Crippen LogP contribution in [0.4, 0.5) is 19.0 Å². The van der Waals surface area contributed by atoms with E-state index in [0.29, 0.717) is 30.6 Å². The highest BCUT2D eigenvalue weighted by Gasteiger charge is 2.53. The first-order chi connectivity index (χ1) is 19.0. The van der Waals surface area contributed by atoms with Crippen LogP contribution in [0.2, 0.25) is 0 Å². The minimum absolute atomic E-state index is 0.0413. The molecule has 1 saturated heterocycles. The molecule has 210 valence electrons. The highest BCUT2D eigenvalue weighted by molar-refractivity contribution is 5.97. The Morgan fingerprint density at radius 3 is 2.65 bits per heavy atom. The molecule has 2 aromatic heterocycles. The minimum Gasteiger partial charge on any atom is -0.353 e. The molecule has 1 N–H and O–H groups in total. The summed E-state index contributed by atoms with van der Waals surface area (Å²) in [5.74, 6) is 1.12. The molecule has 1 aromatic carbocycles. The Bertz CT molecular complexity index is 1600. The fraction of sp³-hybridized carbons (Fsp3) is 0.516. The molecule has 3 heterocycles. The number of carbonyl (C=O) groups is 1. The van der Waals surface area contributed by atoms with Crippen LogP contribution in [0.5, 0.6) is 0 Å². The first-order valence-corrected chi connectivity index (χ1v) is 14.3. The predicted molar refractivity (Wildman–Crippen MR) is 147 cm³/mol. The van der Waals surface area contributed by atoms with E-state index in [4.69, 9.17) is 0 Å². The number of halogens is 3. The molecule has 4 fully saturated rings. The van der Waals surface area contributed by atoms with Crippen LogP contribution in [0, 0.1) is 35.3 Å². The Morgan fingerprint density at radius 2 is 1.90 bits per heavy atom. The third kappa shape index (κ3) is 4.20. The van der Waals surface area contributed by atoms with Gasteiger partial charge in [0.1, 0.15) is 28.7 Å². The van der Waals surface area contributed by atoms with E-state index in [-0.39, 0.29) is 28.8 Å². The van der Waals surface area contributed by atoms with E-state index >= 15 is 4.39 Å². The van der Waals surface area contributed by atoms with Crippen LogP contribution in [0.3, 0.4) is 0 Å². The molecule has 0 radical (unpaired) electrons. The monoisotopic (exact) mass is 550 g/mol. The lowest BCUT2D eigenvalue weighted by Gasteiger charge is -2.46. The summed E-state index contributed by atoms with van der Waals surface area (Å²) in [6, 6.07) is 6.33. The molecule has 40 heavy (non-hydrogen) atoms. The van der Waals surface area contributed by atoms with Gasteiger partial charge in [-0.2, -0.15) is 0 Å². The predicted octanol–water partition coefficient (Wildman–Crippen LogP) is 5.55. The second kappa shape index (κ2) is 8.82. The number of pyridine rings is 2. The SMILES string of the molecule is CC1(F)CCN(c2ccc3c(=O)c(C(=O)NC4(C)CC5CC6CC(C4)C6C5)cn(-c4ccc(F)cc4F)c3n2)C1. The molecule has 0 spiro atoms. The number of hydrogen-bond donors (Lipinski definition) is 1. The minimum atomic E-state index is -1.37. The molecule has 6 unspecified atom stereocenters. The molecule has 3 aromatic rings. The maximum atomic E-state index is 15.1. The van der Waals surface area contributed by atoms with Gasteiger partial charge in [-0.25, -0.2) is 18.2 Å². The van der Waals surface area contributed by atoms with Gasteiger partial charge in [-0.3, -0.25) is 14.2 Å². The fourth-order valence-corrected chi connectivity index (χ4v) is 8.15. The van der Waals surface area contributed by atoms with E-state index in [0.717, 1.165) is 36.8 Å². The summed E-state index contributed by atoms with van der Waals surface area (Å²) < 4.78 is 44.8. The lowest BCUT2D eigenvalue weighted by molar-refractivity contribution is 0.0570. The summed E-state index contributed by atoms with van der Waals surface area (Å²) >= 11 is 0. The number of hydrogen-bond acceptors (Lipinski definition) is 4. The van der Waals surface area contributed by atoms with Crippen LogP contribution >= 0.6 is 0 Å². The van der Waals surface area contributed by atoms with Gasteiger partial charge < -0.3 is 10.2 Å². The van der Waals surface area contributed by atoms with Crippen molar-refractivity contribution >= 4 is 22.8 Å². The van der Waals surface area contributed by atoms with Gasteiger partial charge in [-0.1, -0.05) is 0 Å². The van der Waals surface area contributed by atoms with Crippen molar-refractivity contribution in [3.63, 3.8) is 0 Å². The number of nitrogens with one attached hydrogen (secondary N) is 1. The first kappa shape index (κ1) is 25.6.